The molecule has 1 aromatic rings. The number of hydrogen-bond donors (Lipinski definition) is 1. The Morgan fingerprint density at radius 1 is 1.35 bits per heavy atom. The molecule has 0 radical (unpaired) electrons. The van der Waals surface area contributed by atoms with Crippen LogP contribution in [0.5, 0.6) is 0 Å². The lowest BCUT2D eigenvalue weighted by atomic mass is 9.64. The number of carbonyl (C=O) groups excluding carboxylic acids is 1. The van der Waals surface area contributed by atoms with Crippen LogP contribution in [0.15, 0.2) is 41.4 Å². The van der Waals surface area contributed by atoms with E-state index >= 15 is 0 Å². The van der Waals surface area contributed by atoms with Crippen molar-refractivity contribution in [3.8, 4) is 0 Å². The van der Waals surface area contributed by atoms with E-state index < -0.39 is 0 Å². The molecule has 0 aromatic heterocycles. The summed E-state index contributed by atoms with van der Waals surface area (Å²) in [5, 5.41) is 2.94. The van der Waals surface area contributed by atoms with Gasteiger partial charge in [0.05, 0.1) is 5.41 Å². The zero-order valence-electron chi connectivity index (χ0n) is 9.71. The topological polar surface area (TPSA) is 29.1 Å². The molecular weight excluding hydrogens is 278 g/mol. The predicted molar refractivity (Wildman–Crippen MR) is 73.0 cm³/mol. The maximum Gasteiger partial charge on any atom is 0.230 e. The highest BCUT2D eigenvalue weighted by Gasteiger charge is 2.45. The molecule has 1 N–H and O–H groups in total. The molecule has 1 aromatic carbocycles. The fourth-order valence-corrected chi connectivity index (χ4v) is 2.42. The second kappa shape index (κ2) is 5.05. The van der Waals surface area contributed by atoms with Crippen LogP contribution >= 0.6 is 15.9 Å². The average Bonchev–Trinajstić information content (AvgIpc) is 2.26. The van der Waals surface area contributed by atoms with E-state index in [9.17, 15) is 4.79 Å². The van der Waals surface area contributed by atoms with E-state index in [1.54, 1.807) is 0 Å². The van der Waals surface area contributed by atoms with E-state index in [4.69, 9.17) is 0 Å². The maximum absolute atomic E-state index is 12.3. The monoisotopic (exact) mass is 293 g/mol. The summed E-state index contributed by atoms with van der Waals surface area (Å²) < 4.78 is 0.799. The first-order valence-electron chi connectivity index (χ1n) is 5.82. The molecule has 0 heterocycles. The van der Waals surface area contributed by atoms with Crippen LogP contribution in [-0.4, -0.2) is 12.5 Å². The number of halogens is 1. The third kappa shape index (κ3) is 2.44. The van der Waals surface area contributed by atoms with Crippen molar-refractivity contribution in [2.24, 2.45) is 0 Å². The molecule has 2 nitrogen and oxygen atoms in total. The molecule has 1 saturated carbocycles. The van der Waals surface area contributed by atoms with Gasteiger partial charge in [0, 0.05) is 11.0 Å². The third-order valence-corrected chi connectivity index (χ3v) is 3.69. The normalized spacial score (nSPS) is 17.0. The van der Waals surface area contributed by atoms with E-state index in [1.807, 2.05) is 30.3 Å². The van der Waals surface area contributed by atoms with E-state index in [-0.39, 0.29) is 11.3 Å². The van der Waals surface area contributed by atoms with Crippen LogP contribution in [0.25, 0.3) is 0 Å². The molecule has 1 amide bonds. The number of hydrogen-bond acceptors (Lipinski definition) is 1. The van der Waals surface area contributed by atoms with Gasteiger partial charge in [-0.05, 0) is 18.4 Å². The van der Waals surface area contributed by atoms with Crippen LogP contribution < -0.4 is 5.32 Å². The van der Waals surface area contributed by atoms with Crippen LogP contribution in [0.4, 0.5) is 0 Å². The zero-order valence-corrected chi connectivity index (χ0v) is 11.3. The lowest BCUT2D eigenvalue weighted by Crippen LogP contribution is -2.49. The maximum atomic E-state index is 12.3. The molecule has 3 heteroatoms. The molecule has 1 aliphatic rings. The summed E-state index contributed by atoms with van der Waals surface area (Å²) in [4.78, 5) is 12.3. The van der Waals surface area contributed by atoms with E-state index in [0.717, 1.165) is 29.3 Å². The summed E-state index contributed by atoms with van der Waals surface area (Å²) in [7, 11) is 0. The third-order valence-electron chi connectivity index (χ3n) is 3.41. The first kappa shape index (κ1) is 12.4. The highest BCUT2D eigenvalue weighted by molar-refractivity contribution is 9.11. The Kier molecular flexibility index (Phi) is 3.67. The van der Waals surface area contributed by atoms with Gasteiger partial charge in [-0.3, -0.25) is 4.79 Å². The molecule has 0 saturated heterocycles. The summed E-state index contributed by atoms with van der Waals surface area (Å²) in [5.74, 6) is 0.121. The molecule has 0 bridgehead atoms. The van der Waals surface area contributed by atoms with Crippen LogP contribution in [-0.2, 0) is 10.2 Å². The Bertz CT molecular complexity index is 423. The summed E-state index contributed by atoms with van der Waals surface area (Å²) in [5.41, 5.74) is 0.827. The molecule has 1 fully saturated rings. The van der Waals surface area contributed by atoms with Gasteiger partial charge in [0.2, 0.25) is 5.91 Å². The first-order chi connectivity index (χ1) is 8.15. The van der Waals surface area contributed by atoms with Crippen molar-refractivity contribution in [2.75, 3.05) is 6.54 Å². The van der Waals surface area contributed by atoms with Crippen LogP contribution in [0.2, 0.25) is 0 Å². The Balaban J connectivity index is 2.15. The summed E-state index contributed by atoms with van der Waals surface area (Å²) in [6.45, 7) is 4.22. The molecule has 90 valence electrons. The number of nitrogens with one attached hydrogen (secondary N) is 1. The van der Waals surface area contributed by atoms with Crippen molar-refractivity contribution in [1.29, 1.82) is 0 Å². The SMILES string of the molecule is C=C(Br)CNC(=O)C1(c2ccccc2)CCC1. The van der Waals surface area contributed by atoms with Gasteiger partial charge in [0.1, 0.15) is 0 Å². The average molecular weight is 294 g/mol. The Morgan fingerprint density at radius 3 is 2.47 bits per heavy atom. The smallest absolute Gasteiger partial charge is 0.230 e. The molecule has 17 heavy (non-hydrogen) atoms. The number of rotatable bonds is 4. The number of benzene rings is 1. The highest BCUT2D eigenvalue weighted by Crippen LogP contribution is 2.43. The van der Waals surface area contributed by atoms with Gasteiger partial charge in [-0.1, -0.05) is 59.3 Å². The van der Waals surface area contributed by atoms with Gasteiger partial charge >= 0.3 is 0 Å². The van der Waals surface area contributed by atoms with Gasteiger partial charge in [-0.15, -0.1) is 0 Å². The molecule has 1 aliphatic carbocycles. The number of carbonyl (C=O) groups is 1. The standard InChI is InChI=1S/C14H16BrNO/c1-11(15)10-16-13(17)14(8-5-9-14)12-6-3-2-4-7-12/h2-4,6-7H,1,5,8-10H2,(H,16,17). The fourth-order valence-electron chi connectivity index (χ4n) is 2.28. The van der Waals surface area contributed by atoms with Crippen LogP contribution in [0.3, 0.4) is 0 Å². The lowest BCUT2D eigenvalue weighted by Gasteiger charge is -2.40. The van der Waals surface area contributed by atoms with Gasteiger partial charge in [0.15, 0.2) is 0 Å². The minimum Gasteiger partial charge on any atom is -0.351 e. The Labute approximate surface area is 110 Å². The largest absolute Gasteiger partial charge is 0.351 e. The second-order valence-corrected chi connectivity index (χ2v) is 5.62. The van der Waals surface area contributed by atoms with Gasteiger partial charge < -0.3 is 5.32 Å². The van der Waals surface area contributed by atoms with Gasteiger partial charge in [-0.25, -0.2) is 0 Å². The van der Waals surface area contributed by atoms with Crippen LogP contribution in [0, 0.1) is 0 Å². The molecular formula is C14H16BrNO. The quantitative estimate of drug-likeness (QED) is 0.908. The van der Waals surface area contributed by atoms with Gasteiger partial charge in [-0.2, -0.15) is 0 Å². The van der Waals surface area contributed by atoms with Crippen molar-refractivity contribution in [3.05, 3.63) is 47.0 Å². The summed E-state index contributed by atoms with van der Waals surface area (Å²) >= 11 is 3.26. The molecule has 0 unspecified atom stereocenters. The van der Waals surface area contributed by atoms with Crippen molar-refractivity contribution >= 4 is 21.8 Å². The molecule has 0 spiro atoms. The van der Waals surface area contributed by atoms with Crippen molar-refractivity contribution in [3.63, 3.8) is 0 Å². The zero-order chi connectivity index (χ0) is 12.3. The van der Waals surface area contributed by atoms with E-state index in [2.05, 4.69) is 27.8 Å². The Hall–Kier alpha value is -1.09. The van der Waals surface area contributed by atoms with Crippen LogP contribution in [0.1, 0.15) is 24.8 Å². The minimum atomic E-state index is -0.302. The molecule has 2 rings (SSSR count). The van der Waals surface area contributed by atoms with Crippen molar-refractivity contribution < 1.29 is 4.79 Å². The van der Waals surface area contributed by atoms with E-state index in [1.165, 1.54) is 0 Å². The predicted octanol–water partition coefficient (Wildman–Crippen LogP) is 3.13. The molecule has 0 aliphatic heterocycles. The van der Waals surface area contributed by atoms with Crippen molar-refractivity contribution in [2.45, 2.75) is 24.7 Å². The minimum absolute atomic E-state index is 0.121. The number of amides is 1. The summed E-state index contributed by atoms with van der Waals surface area (Å²) in [6, 6.07) is 10.1. The fraction of sp³-hybridized carbons (Fsp3) is 0.357. The second-order valence-electron chi connectivity index (χ2n) is 4.50. The first-order valence-corrected chi connectivity index (χ1v) is 6.61. The lowest BCUT2D eigenvalue weighted by molar-refractivity contribution is -0.129. The highest BCUT2D eigenvalue weighted by atomic mass is 79.9. The Morgan fingerprint density at radius 2 is 2.00 bits per heavy atom. The van der Waals surface area contributed by atoms with E-state index in [0.29, 0.717) is 6.54 Å². The molecule has 0 atom stereocenters. The van der Waals surface area contributed by atoms with Crippen molar-refractivity contribution in [1.82, 2.24) is 5.32 Å². The summed E-state index contributed by atoms with van der Waals surface area (Å²) in [6.07, 6.45) is 3.01. The van der Waals surface area contributed by atoms with Gasteiger partial charge in [0.25, 0.3) is 0 Å².